The highest BCUT2D eigenvalue weighted by molar-refractivity contribution is 5.70. The lowest BCUT2D eigenvalue weighted by atomic mass is 10.1. The van der Waals surface area contributed by atoms with Crippen molar-refractivity contribution in [3.63, 3.8) is 0 Å². The van der Waals surface area contributed by atoms with E-state index in [2.05, 4.69) is 32.7 Å². The number of nitrogens with zero attached hydrogens (tertiary/aromatic N) is 2. The van der Waals surface area contributed by atoms with Crippen LogP contribution in [0.1, 0.15) is 12.8 Å². The molecule has 0 aliphatic heterocycles. The van der Waals surface area contributed by atoms with Crippen LogP contribution in [0.2, 0.25) is 0 Å². The van der Waals surface area contributed by atoms with Crippen molar-refractivity contribution in [2.24, 2.45) is 0 Å². The lowest BCUT2D eigenvalue weighted by Crippen LogP contribution is -2.08. The minimum Gasteiger partial charge on any atom is -0.495 e. The molecule has 5 nitrogen and oxygen atoms in total. The van der Waals surface area contributed by atoms with E-state index in [-0.39, 0.29) is 0 Å². The van der Waals surface area contributed by atoms with Crippen LogP contribution >= 0.6 is 0 Å². The van der Waals surface area contributed by atoms with Crippen LogP contribution in [0.3, 0.4) is 0 Å². The number of ether oxygens (including phenoxy) is 1. The average Bonchev–Trinajstić information content (AvgIpc) is 3.47. The molecule has 2 N–H and O–H groups in total. The summed E-state index contributed by atoms with van der Waals surface area (Å²) in [6, 6.07) is 20.4. The molecule has 5 heteroatoms. The van der Waals surface area contributed by atoms with Crippen molar-refractivity contribution >= 4 is 17.5 Å². The summed E-state index contributed by atoms with van der Waals surface area (Å²) in [5.41, 5.74) is 2.82. The predicted molar refractivity (Wildman–Crippen MR) is 100 cm³/mol. The summed E-state index contributed by atoms with van der Waals surface area (Å²) in [5, 5.41) is 6.74. The second-order valence-corrected chi connectivity index (χ2v) is 6.07. The monoisotopic (exact) mass is 332 g/mol. The van der Waals surface area contributed by atoms with Crippen LogP contribution in [0.25, 0.3) is 11.3 Å². The SMILES string of the molecule is COc1ccccc1Nc1cc(-c2ccccc2)nc(NC2CC2)n1. The summed E-state index contributed by atoms with van der Waals surface area (Å²) in [6.45, 7) is 0. The summed E-state index contributed by atoms with van der Waals surface area (Å²) in [4.78, 5) is 9.30. The van der Waals surface area contributed by atoms with E-state index in [4.69, 9.17) is 4.74 Å². The van der Waals surface area contributed by atoms with Gasteiger partial charge in [-0.2, -0.15) is 4.98 Å². The van der Waals surface area contributed by atoms with E-state index in [0.29, 0.717) is 12.0 Å². The van der Waals surface area contributed by atoms with Gasteiger partial charge >= 0.3 is 0 Å². The van der Waals surface area contributed by atoms with Gasteiger partial charge < -0.3 is 15.4 Å². The summed E-state index contributed by atoms with van der Waals surface area (Å²) in [6.07, 6.45) is 2.35. The number of para-hydroxylation sites is 2. The van der Waals surface area contributed by atoms with Gasteiger partial charge in [-0.15, -0.1) is 0 Å². The minimum atomic E-state index is 0.491. The van der Waals surface area contributed by atoms with Gasteiger partial charge in [0.2, 0.25) is 5.95 Å². The van der Waals surface area contributed by atoms with Gasteiger partial charge in [0, 0.05) is 17.7 Å². The van der Waals surface area contributed by atoms with Crippen LogP contribution < -0.4 is 15.4 Å². The van der Waals surface area contributed by atoms with Crippen LogP contribution in [-0.4, -0.2) is 23.1 Å². The number of aromatic nitrogens is 2. The van der Waals surface area contributed by atoms with E-state index < -0.39 is 0 Å². The Kier molecular flexibility index (Phi) is 4.21. The fraction of sp³-hybridized carbons (Fsp3) is 0.200. The van der Waals surface area contributed by atoms with Gasteiger partial charge in [0.25, 0.3) is 0 Å². The third kappa shape index (κ3) is 3.71. The fourth-order valence-corrected chi connectivity index (χ4v) is 2.63. The van der Waals surface area contributed by atoms with Gasteiger partial charge in [-0.25, -0.2) is 4.98 Å². The molecule has 0 saturated heterocycles. The Labute approximate surface area is 147 Å². The van der Waals surface area contributed by atoms with Crippen molar-refractivity contribution < 1.29 is 4.74 Å². The number of hydrogen-bond donors (Lipinski definition) is 2. The van der Waals surface area contributed by atoms with Crippen LogP contribution in [0, 0.1) is 0 Å². The zero-order valence-corrected chi connectivity index (χ0v) is 14.1. The Morgan fingerprint density at radius 3 is 2.48 bits per heavy atom. The highest BCUT2D eigenvalue weighted by Crippen LogP contribution is 2.30. The Bertz CT molecular complexity index is 863. The quantitative estimate of drug-likeness (QED) is 0.697. The molecule has 0 radical (unpaired) electrons. The third-order valence-electron chi connectivity index (χ3n) is 4.08. The summed E-state index contributed by atoms with van der Waals surface area (Å²) in [7, 11) is 1.66. The molecule has 0 unspecified atom stereocenters. The predicted octanol–water partition coefficient (Wildman–Crippen LogP) is 4.47. The number of hydrogen-bond acceptors (Lipinski definition) is 5. The topological polar surface area (TPSA) is 59.1 Å². The van der Waals surface area contributed by atoms with Crippen LogP contribution in [0.15, 0.2) is 60.7 Å². The molecule has 1 fully saturated rings. The molecule has 126 valence electrons. The molecule has 0 atom stereocenters. The molecule has 0 spiro atoms. The van der Waals surface area contributed by atoms with Crippen LogP contribution in [-0.2, 0) is 0 Å². The fourth-order valence-electron chi connectivity index (χ4n) is 2.63. The molecular formula is C20H20N4O. The van der Waals surface area contributed by atoms with Gasteiger partial charge in [0.15, 0.2) is 0 Å². The van der Waals surface area contributed by atoms with E-state index in [0.717, 1.165) is 28.5 Å². The molecule has 1 aromatic heterocycles. The smallest absolute Gasteiger partial charge is 0.225 e. The Morgan fingerprint density at radius 2 is 1.72 bits per heavy atom. The molecule has 1 aliphatic rings. The summed E-state index contributed by atoms with van der Waals surface area (Å²) < 4.78 is 5.42. The number of anilines is 3. The van der Waals surface area contributed by atoms with Gasteiger partial charge in [-0.1, -0.05) is 42.5 Å². The van der Waals surface area contributed by atoms with E-state index in [9.17, 15) is 0 Å². The van der Waals surface area contributed by atoms with Gasteiger partial charge in [0.05, 0.1) is 18.5 Å². The zero-order valence-electron chi connectivity index (χ0n) is 14.1. The van der Waals surface area contributed by atoms with Crippen molar-refractivity contribution in [3.05, 3.63) is 60.7 Å². The first kappa shape index (κ1) is 15.4. The van der Waals surface area contributed by atoms with Crippen molar-refractivity contribution in [1.29, 1.82) is 0 Å². The Morgan fingerprint density at radius 1 is 0.960 bits per heavy atom. The van der Waals surface area contributed by atoms with E-state index in [1.54, 1.807) is 7.11 Å². The van der Waals surface area contributed by atoms with Crippen molar-refractivity contribution in [2.45, 2.75) is 18.9 Å². The number of benzene rings is 2. The van der Waals surface area contributed by atoms with Crippen molar-refractivity contribution in [1.82, 2.24) is 9.97 Å². The molecule has 0 bridgehead atoms. The Balaban J connectivity index is 1.70. The molecule has 4 rings (SSSR count). The van der Waals surface area contributed by atoms with Crippen LogP contribution in [0.4, 0.5) is 17.5 Å². The highest BCUT2D eigenvalue weighted by atomic mass is 16.5. The number of nitrogens with one attached hydrogen (secondary N) is 2. The third-order valence-corrected chi connectivity index (χ3v) is 4.08. The lowest BCUT2D eigenvalue weighted by Gasteiger charge is -2.13. The van der Waals surface area contributed by atoms with Gasteiger partial charge in [-0.05, 0) is 25.0 Å². The molecule has 1 aliphatic carbocycles. The van der Waals surface area contributed by atoms with E-state index >= 15 is 0 Å². The first-order chi connectivity index (χ1) is 12.3. The maximum atomic E-state index is 5.42. The van der Waals surface area contributed by atoms with Crippen molar-refractivity contribution in [3.8, 4) is 17.0 Å². The second kappa shape index (κ2) is 6.81. The van der Waals surface area contributed by atoms with E-state index in [1.165, 1.54) is 12.8 Å². The lowest BCUT2D eigenvalue weighted by molar-refractivity contribution is 0.417. The standard InChI is InChI=1S/C20H20N4O/c1-25-18-10-6-5-9-16(18)22-19-13-17(14-7-3-2-4-8-14)23-20(24-19)21-15-11-12-15/h2-10,13,15H,11-12H2,1H3,(H2,21,22,23,24). The normalized spacial score (nSPS) is 13.3. The minimum absolute atomic E-state index is 0.491. The maximum Gasteiger partial charge on any atom is 0.225 e. The molecule has 3 aromatic rings. The second-order valence-electron chi connectivity index (χ2n) is 6.07. The van der Waals surface area contributed by atoms with Crippen LogP contribution in [0.5, 0.6) is 5.75 Å². The average molecular weight is 332 g/mol. The summed E-state index contributed by atoms with van der Waals surface area (Å²) in [5.74, 6) is 2.17. The van der Waals surface area contributed by atoms with Gasteiger partial charge in [-0.3, -0.25) is 0 Å². The Hall–Kier alpha value is -3.08. The first-order valence-corrected chi connectivity index (χ1v) is 8.43. The maximum absolute atomic E-state index is 5.42. The number of methoxy groups -OCH3 is 1. The summed E-state index contributed by atoms with van der Waals surface area (Å²) >= 11 is 0. The molecule has 0 amide bonds. The highest BCUT2D eigenvalue weighted by Gasteiger charge is 2.22. The molecule has 1 heterocycles. The molecule has 2 aromatic carbocycles. The van der Waals surface area contributed by atoms with Gasteiger partial charge in [0.1, 0.15) is 11.6 Å². The number of rotatable bonds is 6. The van der Waals surface area contributed by atoms with Crippen molar-refractivity contribution in [2.75, 3.05) is 17.7 Å². The zero-order chi connectivity index (χ0) is 17.1. The molecular weight excluding hydrogens is 312 g/mol. The first-order valence-electron chi connectivity index (χ1n) is 8.43. The largest absolute Gasteiger partial charge is 0.495 e. The van der Waals surface area contributed by atoms with E-state index in [1.807, 2.05) is 48.5 Å². The molecule has 25 heavy (non-hydrogen) atoms. The molecule has 1 saturated carbocycles.